The number of epoxide rings is 1. The van der Waals surface area contributed by atoms with E-state index in [0.717, 1.165) is 31.1 Å². The first-order chi connectivity index (χ1) is 7.33. The highest BCUT2D eigenvalue weighted by Gasteiger charge is 2.57. The molecule has 3 heteroatoms. The molecule has 1 aliphatic rings. The second-order valence-electron chi connectivity index (χ2n) is 4.03. The fourth-order valence-electron chi connectivity index (χ4n) is 1.99. The number of unbranched alkanes of at least 4 members (excludes halogenated alkanes) is 1. The maximum Gasteiger partial charge on any atom is 0.174 e. The lowest BCUT2D eigenvalue weighted by atomic mass is 9.94. The van der Waals surface area contributed by atoms with E-state index < -0.39 is 5.60 Å². The zero-order chi connectivity index (χ0) is 10.7. The Morgan fingerprint density at radius 1 is 1.38 bits per heavy atom. The Morgan fingerprint density at radius 2 is 2.06 bits per heavy atom. The Hall–Kier alpha value is -1.19. The Labute approximate surface area is 95.7 Å². The fraction of sp³-hybridized carbons (Fsp3) is 0.462. The van der Waals surface area contributed by atoms with Crippen LogP contribution in [-0.4, -0.2) is 17.9 Å². The van der Waals surface area contributed by atoms with E-state index in [0.29, 0.717) is 0 Å². The van der Waals surface area contributed by atoms with E-state index in [1.807, 2.05) is 30.3 Å². The summed E-state index contributed by atoms with van der Waals surface area (Å²) >= 11 is 0. The molecule has 1 fully saturated rings. The molecule has 1 heterocycles. The number of aldehydes is 1. The lowest BCUT2D eigenvalue weighted by Gasteiger charge is -2.04. The third-order valence-electron chi connectivity index (χ3n) is 2.98. The van der Waals surface area contributed by atoms with Gasteiger partial charge in [-0.25, -0.2) is 0 Å². The highest BCUT2D eigenvalue weighted by Crippen LogP contribution is 2.46. The minimum absolute atomic E-state index is 0. The first-order valence-corrected chi connectivity index (χ1v) is 5.53. The molecule has 1 aromatic rings. The molecule has 2 atom stereocenters. The van der Waals surface area contributed by atoms with Crippen LogP contribution in [0.2, 0.25) is 0 Å². The van der Waals surface area contributed by atoms with Gasteiger partial charge in [-0.1, -0.05) is 50.1 Å². The van der Waals surface area contributed by atoms with Crippen LogP contribution >= 0.6 is 0 Å². The van der Waals surface area contributed by atoms with E-state index in [2.05, 4.69) is 6.92 Å². The molecule has 0 saturated carbocycles. The molecule has 3 nitrogen and oxygen atoms in total. The maximum absolute atomic E-state index is 11.1. The van der Waals surface area contributed by atoms with Gasteiger partial charge in [0.2, 0.25) is 0 Å². The standard InChI is InChI=1S/C13H16O2.H2O/c1-2-3-9-12-13(10-14,15-12)11-7-5-4-6-8-11;/h4-8,10,12H,2-3,9H2,1H3;1H2. The molecule has 0 amide bonds. The molecule has 0 spiro atoms. The molecular formula is C13H18O3. The molecule has 2 unspecified atom stereocenters. The molecule has 2 rings (SSSR count). The van der Waals surface area contributed by atoms with Gasteiger partial charge in [-0.3, -0.25) is 4.79 Å². The summed E-state index contributed by atoms with van der Waals surface area (Å²) in [6.07, 6.45) is 4.28. The maximum atomic E-state index is 11.1. The van der Waals surface area contributed by atoms with E-state index in [-0.39, 0.29) is 11.6 Å². The van der Waals surface area contributed by atoms with Crippen molar-refractivity contribution in [3.8, 4) is 0 Å². The molecule has 1 saturated heterocycles. The van der Waals surface area contributed by atoms with Crippen LogP contribution in [0.1, 0.15) is 31.7 Å². The highest BCUT2D eigenvalue weighted by atomic mass is 16.6. The number of benzene rings is 1. The van der Waals surface area contributed by atoms with Crippen molar-refractivity contribution in [2.45, 2.75) is 37.9 Å². The van der Waals surface area contributed by atoms with Gasteiger partial charge in [0.05, 0.1) is 6.10 Å². The molecule has 88 valence electrons. The molecule has 0 aromatic heterocycles. The van der Waals surface area contributed by atoms with Gasteiger partial charge in [0.1, 0.15) is 0 Å². The van der Waals surface area contributed by atoms with E-state index >= 15 is 0 Å². The van der Waals surface area contributed by atoms with Crippen molar-refractivity contribution in [1.29, 1.82) is 0 Å². The summed E-state index contributed by atoms with van der Waals surface area (Å²) in [6, 6.07) is 9.75. The molecule has 16 heavy (non-hydrogen) atoms. The molecule has 0 bridgehead atoms. The van der Waals surface area contributed by atoms with E-state index in [4.69, 9.17) is 4.74 Å². The second kappa shape index (κ2) is 5.23. The zero-order valence-electron chi connectivity index (χ0n) is 9.48. The summed E-state index contributed by atoms with van der Waals surface area (Å²) in [5.41, 5.74) is 0.359. The Morgan fingerprint density at radius 3 is 2.62 bits per heavy atom. The van der Waals surface area contributed by atoms with Gasteiger partial charge in [0.25, 0.3) is 0 Å². The summed E-state index contributed by atoms with van der Waals surface area (Å²) in [4.78, 5) is 11.1. The van der Waals surface area contributed by atoms with Crippen molar-refractivity contribution in [3.63, 3.8) is 0 Å². The number of carbonyl (C=O) groups excluding carboxylic acids is 1. The topological polar surface area (TPSA) is 61.1 Å². The predicted molar refractivity (Wildman–Crippen MR) is 62.2 cm³/mol. The number of hydrogen-bond donors (Lipinski definition) is 0. The first kappa shape index (κ1) is 12.9. The van der Waals surface area contributed by atoms with E-state index in [1.54, 1.807) is 0 Å². The van der Waals surface area contributed by atoms with Gasteiger partial charge in [-0.05, 0) is 12.0 Å². The van der Waals surface area contributed by atoms with Crippen molar-refractivity contribution in [1.82, 2.24) is 0 Å². The third-order valence-corrected chi connectivity index (χ3v) is 2.98. The van der Waals surface area contributed by atoms with Crippen LogP contribution in [-0.2, 0) is 15.1 Å². The SMILES string of the molecule is CCCCC1OC1(C=O)c1ccccc1.O. The van der Waals surface area contributed by atoms with Crippen molar-refractivity contribution in [3.05, 3.63) is 35.9 Å². The van der Waals surface area contributed by atoms with Crippen LogP contribution in [0.4, 0.5) is 0 Å². The van der Waals surface area contributed by atoms with Crippen LogP contribution in [0.15, 0.2) is 30.3 Å². The minimum atomic E-state index is -0.629. The van der Waals surface area contributed by atoms with Gasteiger partial charge in [0.15, 0.2) is 11.9 Å². The minimum Gasteiger partial charge on any atom is -0.412 e. The second-order valence-corrected chi connectivity index (χ2v) is 4.03. The van der Waals surface area contributed by atoms with Gasteiger partial charge in [-0.2, -0.15) is 0 Å². The average molecular weight is 222 g/mol. The molecular weight excluding hydrogens is 204 g/mol. The van der Waals surface area contributed by atoms with Crippen LogP contribution in [0.3, 0.4) is 0 Å². The predicted octanol–water partition coefficient (Wildman–Crippen LogP) is 1.85. The van der Waals surface area contributed by atoms with Crippen molar-refractivity contribution in [2.75, 3.05) is 0 Å². The van der Waals surface area contributed by atoms with Crippen LogP contribution in [0.5, 0.6) is 0 Å². The Kier molecular flexibility index (Phi) is 4.21. The third kappa shape index (κ3) is 2.15. The smallest absolute Gasteiger partial charge is 0.174 e. The summed E-state index contributed by atoms with van der Waals surface area (Å²) in [6.45, 7) is 2.15. The van der Waals surface area contributed by atoms with Crippen LogP contribution in [0, 0.1) is 0 Å². The highest BCUT2D eigenvalue weighted by molar-refractivity contribution is 5.71. The van der Waals surface area contributed by atoms with Gasteiger partial charge in [0, 0.05) is 0 Å². The summed E-state index contributed by atoms with van der Waals surface area (Å²) < 4.78 is 5.57. The molecule has 0 aliphatic carbocycles. The van der Waals surface area contributed by atoms with Gasteiger partial charge >= 0.3 is 0 Å². The number of carbonyl (C=O) groups is 1. The quantitative estimate of drug-likeness (QED) is 0.563. The Bertz CT molecular complexity index is 336. The Balaban J connectivity index is 0.00000128. The molecule has 0 radical (unpaired) electrons. The van der Waals surface area contributed by atoms with Crippen LogP contribution < -0.4 is 0 Å². The summed E-state index contributed by atoms with van der Waals surface area (Å²) in [7, 11) is 0. The van der Waals surface area contributed by atoms with Gasteiger partial charge in [-0.15, -0.1) is 0 Å². The van der Waals surface area contributed by atoms with Crippen LogP contribution in [0.25, 0.3) is 0 Å². The normalized spacial score (nSPS) is 26.9. The molecule has 2 N–H and O–H groups in total. The van der Waals surface area contributed by atoms with Crippen molar-refractivity contribution in [2.24, 2.45) is 0 Å². The van der Waals surface area contributed by atoms with Gasteiger partial charge < -0.3 is 10.2 Å². The van der Waals surface area contributed by atoms with E-state index in [1.165, 1.54) is 0 Å². The number of rotatable bonds is 5. The van der Waals surface area contributed by atoms with Crippen molar-refractivity contribution >= 4 is 6.29 Å². The summed E-state index contributed by atoms with van der Waals surface area (Å²) in [5, 5.41) is 0. The van der Waals surface area contributed by atoms with E-state index in [9.17, 15) is 4.79 Å². The average Bonchev–Trinajstić information content (AvgIpc) is 3.03. The first-order valence-electron chi connectivity index (χ1n) is 5.53. The lowest BCUT2D eigenvalue weighted by molar-refractivity contribution is -0.112. The number of hydrogen-bond acceptors (Lipinski definition) is 2. The molecule has 1 aliphatic heterocycles. The largest absolute Gasteiger partial charge is 0.412 e. The summed E-state index contributed by atoms with van der Waals surface area (Å²) in [5.74, 6) is 0. The lowest BCUT2D eigenvalue weighted by Crippen LogP contribution is -2.14. The van der Waals surface area contributed by atoms with Crippen molar-refractivity contribution < 1.29 is 15.0 Å². The monoisotopic (exact) mass is 222 g/mol. The molecule has 1 aromatic carbocycles. The number of ether oxygens (including phenoxy) is 1. The zero-order valence-corrected chi connectivity index (χ0v) is 9.48. The fourth-order valence-corrected chi connectivity index (χ4v) is 1.99.